The maximum atomic E-state index is 10.4. The van der Waals surface area contributed by atoms with Crippen LogP contribution >= 0.6 is 0 Å². The molecule has 0 fully saturated rings. The van der Waals surface area contributed by atoms with Crippen molar-refractivity contribution in [2.24, 2.45) is 0 Å². The Morgan fingerprint density at radius 3 is 0.929 bits per heavy atom. The van der Waals surface area contributed by atoms with E-state index in [1.54, 1.807) is 23.6 Å². The van der Waals surface area contributed by atoms with Gasteiger partial charge in [-0.1, -0.05) is 0 Å². The number of aliphatic hydroxyl groups excluding tert-OH is 6. The zero-order valence-electron chi connectivity index (χ0n) is 17.2. The Morgan fingerprint density at radius 1 is 0.571 bits per heavy atom. The fourth-order valence-corrected chi connectivity index (χ4v) is 2.66. The van der Waals surface area contributed by atoms with Gasteiger partial charge < -0.3 is 30.6 Å². The molecule has 0 aliphatic heterocycles. The Balaban J connectivity index is -0.000000337. The van der Waals surface area contributed by atoms with Gasteiger partial charge in [0.25, 0.3) is 0 Å². The summed E-state index contributed by atoms with van der Waals surface area (Å²) in [6.07, 6.45) is 0. The van der Waals surface area contributed by atoms with Gasteiger partial charge in [-0.05, 0) is 0 Å². The van der Waals surface area contributed by atoms with Crippen LogP contribution in [0.1, 0.15) is 13.8 Å². The van der Waals surface area contributed by atoms with Gasteiger partial charge in [0.2, 0.25) is 0 Å². The van der Waals surface area contributed by atoms with Crippen molar-refractivity contribution in [3.05, 3.63) is 0 Å². The van der Waals surface area contributed by atoms with Crippen LogP contribution in [0.25, 0.3) is 0 Å². The summed E-state index contributed by atoms with van der Waals surface area (Å²) < 4.78 is 19.8. The molecule has 11 nitrogen and oxygen atoms in total. The molecule has 0 atom stereocenters. The van der Waals surface area contributed by atoms with Gasteiger partial charge in [0.1, 0.15) is 0 Å². The fourth-order valence-electron chi connectivity index (χ4n) is 1.80. The summed E-state index contributed by atoms with van der Waals surface area (Å²) in [6.45, 7) is 8.07. The SMILES string of the molecule is CC[O][Ti](=[O])[O]CC.OCCN(CCO)CCO.OCCN(CCO)CCO. The predicted octanol–water partition coefficient (Wildman–Crippen LogP) is -2.62. The fraction of sp³-hybridized carbons (Fsp3) is 1.00. The van der Waals surface area contributed by atoms with Crippen molar-refractivity contribution in [2.75, 3.05) is 92.1 Å². The van der Waals surface area contributed by atoms with Crippen LogP contribution < -0.4 is 0 Å². The number of nitrogens with zero attached hydrogens (tertiary/aromatic N) is 2. The van der Waals surface area contributed by atoms with Crippen molar-refractivity contribution in [3.63, 3.8) is 0 Å². The first-order valence-corrected chi connectivity index (χ1v) is 11.3. The molecular formula is C16H40N2O9Ti. The third-order valence-corrected chi connectivity index (χ3v) is 4.66. The Labute approximate surface area is 175 Å². The minimum atomic E-state index is -2.69. The molecule has 0 amide bonds. The van der Waals surface area contributed by atoms with Gasteiger partial charge in [0, 0.05) is 39.3 Å². The maximum Gasteiger partial charge on any atom is 0.0558 e. The molecule has 0 aromatic rings. The predicted molar refractivity (Wildman–Crippen MR) is 99.3 cm³/mol. The second-order valence-electron chi connectivity index (χ2n) is 5.14. The zero-order chi connectivity index (χ0) is 22.0. The summed E-state index contributed by atoms with van der Waals surface area (Å²) in [7, 11) is 0. The minimum Gasteiger partial charge on any atom is -0.395 e. The number of hydrogen-bond donors (Lipinski definition) is 6. The van der Waals surface area contributed by atoms with E-state index >= 15 is 0 Å². The Kier molecular flexibility index (Phi) is 34.3. The van der Waals surface area contributed by atoms with E-state index in [0.29, 0.717) is 52.5 Å². The van der Waals surface area contributed by atoms with Gasteiger partial charge in [0.05, 0.1) is 39.6 Å². The summed E-state index contributed by atoms with van der Waals surface area (Å²) in [4.78, 5) is 3.58. The Bertz CT molecular complexity index is 251. The van der Waals surface area contributed by atoms with E-state index in [9.17, 15) is 3.32 Å². The second-order valence-corrected chi connectivity index (χ2v) is 6.82. The van der Waals surface area contributed by atoms with Crippen LogP contribution in [0.2, 0.25) is 0 Å². The van der Waals surface area contributed by atoms with Crippen LogP contribution in [-0.4, -0.2) is 133 Å². The minimum absolute atomic E-state index is 0.0694. The van der Waals surface area contributed by atoms with E-state index in [1.807, 2.05) is 0 Å². The average Bonchev–Trinajstić information content (AvgIpc) is 2.65. The van der Waals surface area contributed by atoms with E-state index in [-0.39, 0.29) is 39.6 Å². The molecule has 0 aliphatic rings. The van der Waals surface area contributed by atoms with Gasteiger partial charge in [-0.3, -0.25) is 9.80 Å². The van der Waals surface area contributed by atoms with Crippen molar-refractivity contribution in [3.8, 4) is 0 Å². The summed E-state index contributed by atoms with van der Waals surface area (Å²) in [5.74, 6) is 0. The van der Waals surface area contributed by atoms with Crippen molar-refractivity contribution < 1.29 is 59.2 Å². The molecule has 0 unspecified atom stereocenters. The Morgan fingerprint density at radius 2 is 0.786 bits per heavy atom. The molecule has 0 heterocycles. The summed E-state index contributed by atoms with van der Waals surface area (Å²) >= 11 is -2.69. The maximum absolute atomic E-state index is 10.4. The monoisotopic (exact) mass is 452 g/mol. The molecule has 6 N–H and O–H groups in total. The van der Waals surface area contributed by atoms with Gasteiger partial charge in [-0.15, -0.1) is 0 Å². The molecule has 0 rings (SSSR count). The number of hydrogen-bond acceptors (Lipinski definition) is 11. The molecule has 0 bridgehead atoms. The number of rotatable bonds is 16. The molecular weight excluding hydrogens is 412 g/mol. The van der Waals surface area contributed by atoms with E-state index in [1.165, 1.54) is 0 Å². The molecule has 12 heteroatoms. The van der Waals surface area contributed by atoms with Crippen LogP contribution in [0.4, 0.5) is 0 Å². The summed E-state index contributed by atoms with van der Waals surface area (Å²) in [5, 5.41) is 50.9. The third-order valence-electron chi connectivity index (χ3n) is 3.02. The van der Waals surface area contributed by atoms with Gasteiger partial charge >= 0.3 is 55.6 Å². The van der Waals surface area contributed by atoms with Crippen molar-refractivity contribution in [1.82, 2.24) is 9.80 Å². The van der Waals surface area contributed by atoms with Gasteiger partial charge in [-0.2, -0.15) is 0 Å². The summed E-state index contributed by atoms with van der Waals surface area (Å²) in [6, 6.07) is 0. The zero-order valence-corrected chi connectivity index (χ0v) is 18.8. The quantitative estimate of drug-likeness (QED) is 0.136. The molecule has 0 saturated heterocycles. The van der Waals surface area contributed by atoms with E-state index in [0.717, 1.165) is 0 Å². The topological polar surface area (TPSA) is 163 Å². The molecule has 0 aromatic carbocycles. The van der Waals surface area contributed by atoms with Crippen LogP contribution in [0.15, 0.2) is 0 Å². The largest absolute Gasteiger partial charge is 0.395 e. The molecule has 0 saturated carbocycles. The standard InChI is InChI=1S/2C6H15NO3.2C2H5O.O.Ti/c2*8-4-1-7(2-5-9)3-6-10;2*1-2-3;;/h2*8-10H,1-6H2;2*2H2,1H3;;/q;;2*-1;;+2. The average molecular weight is 452 g/mol. The van der Waals surface area contributed by atoms with Crippen LogP contribution in [0.3, 0.4) is 0 Å². The van der Waals surface area contributed by atoms with Crippen LogP contribution in [0, 0.1) is 0 Å². The van der Waals surface area contributed by atoms with Gasteiger partial charge in [0.15, 0.2) is 0 Å². The first-order valence-electron chi connectivity index (χ1n) is 9.40. The first kappa shape index (κ1) is 32.8. The third kappa shape index (κ3) is 28.3. The molecule has 0 spiro atoms. The van der Waals surface area contributed by atoms with E-state index < -0.39 is 18.6 Å². The van der Waals surface area contributed by atoms with Crippen molar-refractivity contribution >= 4 is 0 Å². The first-order chi connectivity index (χ1) is 13.5. The molecule has 0 aliphatic carbocycles. The normalized spacial score (nSPS) is 10.4. The van der Waals surface area contributed by atoms with Crippen LogP contribution in [0.5, 0.6) is 0 Å². The van der Waals surface area contributed by atoms with Gasteiger partial charge in [-0.25, -0.2) is 0 Å². The van der Waals surface area contributed by atoms with Crippen molar-refractivity contribution in [2.45, 2.75) is 13.8 Å². The smallest absolute Gasteiger partial charge is 0.0558 e. The Hall–Kier alpha value is 0.114. The molecule has 0 aromatic heterocycles. The molecule has 0 radical (unpaired) electrons. The van der Waals surface area contributed by atoms with E-state index in [4.69, 9.17) is 30.6 Å². The summed E-state index contributed by atoms with van der Waals surface area (Å²) in [5.41, 5.74) is 0. The van der Waals surface area contributed by atoms with Crippen molar-refractivity contribution in [1.29, 1.82) is 0 Å². The second kappa shape index (κ2) is 29.3. The molecule has 172 valence electrons. The number of aliphatic hydroxyl groups is 6. The van der Waals surface area contributed by atoms with Crippen LogP contribution in [-0.2, 0) is 28.6 Å². The molecule has 28 heavy (non-hydrogen) atoms. The van der Waals surface area contributed by atoms with E-state index in [2.05, 4.69) is 6.64 Å².